The van der Waals surface area contributed by atoms with E-state index in [1.54, 1.807) is 0 Å². The second kappa shape index (κ2) is 6.29. The van der Waals surface area contributed by atoms with Gasteiger partial charge in [-0.05, 0) is 50.8 Å². The van der Waals surface area contributed by atoms with Crippen LogP contribution in [-0.4, -0.2) is 29.5 Å². The second-order valence-electron chi connectivity index (χ2n) is 6.01. The Balaban J connectivity index is 1.82. The minimum Gasteiger partial charge on any atom is -0.354 e. The summed E-state index contributed by atoms with van der Waals surface area (Å²) in [7, 11) is 0. The highest BCUT2D eigenvalue weighted by Gasteiger charge is 2.33. The summed E-state index contributed by atoms with van der Waals surface area (Å²) in [6, 6.07) is 0. The van der Waals surface area contributed by atoms with Gasteiger partial charge in [0, 0.05) is 17.2 Å². The molecule has 2 fully saturated rings. The highest BCUT2D eigenvalue weighted by atomic mass is 32.2. The lowest BCUT2D eigenvalue weighted by atomic mass is 9.78. The Labute approximate surface area is 115 Å². The van der Waals surface area contributed by atoms with Crippen molar-refractivity contribution in [2.45, 2.75) is 50.2 Å². The number of carbonyl (C=O) groups is 1. The first-order chi connectivity index (χ1) is 8.64. The fourth-order valence-corrected chi connectivity index (χ4v) is 4.46. The molecule has 1 heterocycles. The summed E-state index contributed by atoms with van der Waals surface area (Å²) in [6.45, 7) is 3.75. The molecule has 104 valence electrons. The van der Waals surface area contributed by atoms with Crippen LogP contribution >= 0.6 is 11.8 Å². The first kappa shape index (κ1) is 14.2. The van der Waals surface area contributed by atoms with E-state index in [2.05, 4.69) is 12.2 Å². The van der Waals surface area contributed by atoms with Crippen molar-refractivity contribution in [3.8, 4) is 0 Å². The van der Waals surface area contributed by atoms with Crippen LogP contribution in [0.25, 0.3) is 0 Å². The molecule has 0 radical (unpaired) electrons. The van der Waals surface area contributed by atoms with Crippen LogP contribution in [0.2, 0.25) is 0 Å². The minimum absolute atomic E-state index is 0.166. The number of carbonyl (C=O) groups excluding carboxylic acids is 1. The van der Waals surface area contributed by atoms with Gasteiger partial charge < -0.3 is 11.1 Å². The molecule has 0 aromatic rings. The molecular weight excluding hydrogens is 244 g/mol. The Hall–Kier alpha value is -0.220. The second-order valence-corrected chi connectivity index (χ2v) is 7.69. The van der Waals surface area contributed by atoms with Crippen molar-refractivity contribution in [1.29, 1.82) is 0 Å². The number of amides is 1. The molecule has 18 heavy (non-hydrogen) atoms. The third-order valence-electron chi connectivity index (χ3n) is 4.49. The lowest BCUT2D eigenvalue weighted by molar-refractivity contribution is -0.127. The van der Waals surface area contributed by atoms with E-state index in [-0.39, 0.29) is 16.6 Å². The van der Waals surface area contributed by atoms with Gasteiger partial charge in [-0.2, -0.15) is 11.8 Å². The first-order valence-corrected chi connectivity index (χ1v) is 8.25. The maximum atomic E-state index is 12.3. The lowest BCUT2D eigenvalue weighted by Crippen LogP contribution is -2.43. The predicted octanol–water partition coefficient (Wildman–Crippen LogP) is 2.15. The van der Waals surface area contributed by atoms with Crippen molar-refractivity contribution in [3.05, 3.63) is 0 Å². The Morgan fingerprint density at radius 2 is 2.17 bits per heavy atom. The fourth-order valence-electron chi connectivity index (χ4n) is 3.22. The molecule has 0 spiro atoms. The Kier molecular flexibility index (Phi) is 4.96. The van der Waals surface area contributed by atoms with Gasteiger partial charge in [-0.15, -0.1) is 0 Å². The van der Waals surface area contributed by atoms with Crippen LogP contribution in [0, 0.1) is 11.8 Å². The van der Waals surface area contributed by atoms with Crippen molar-refractivity contribution < 1.29 is 4.79 Å². The van der Waals surface area contributed by atoms with Crippen LogP contribution in [-0.2, 0) is 4.79 Å². The van der Waals surface area contributed by atoms with Crippen molar-refractivity contribution >= 4 is 17.7 Å². The smallest absolute Gasteiger partial charge is 0.223 e. The van der Waals surface area contributed by atoms with E-state index >= 15 is 0 Å². The Morgan fingerprint density at radius 1 is 1.39 bits per heavy atom. The lowest BCUT2D eigenvalue weighted by Gasteiger charge is -2.31. The molecule has 4 heteroatoms. The zero-order valence-corrected chi connectivity index (χ0v) is 12.2. The van der Waals surface area contributed by atoms with Crippen LogP contribution in [0.4, 0.5) is 0 Å². The quantitative estimate of drug-likeness (QED) is 0.823. The summed E-state index contributed by atoms with van der Waals surface area (Å²) < 4.78 is 0.266. The Bertz CT molecular complexity index is 290. The average molecular weight is 270 g/mol. The van der Waals surface area contributed by atoms with Crippen molar-refractivity contribution in [2.75, 3.05) is 18.8 Å². The van der Waals surface area contributed by atoms with Crippen molar-refractivity contribution in [2.24, 2.45) is 17.6 Å². The number of hydrogen-bond donors (Lipinski definition) is 2. The molecule has 0 aromatic heterocycles. The van der Waals surface area contributed by atoms with Gasteiger partial charge in [0.2, 0.25) is 5.91 Å². The van der Waals surface area contributed by atoms with Crippen LogP contribution in [0.15, 0.2) is 0 Å². The van der Waals surface area contributed by atoms with E-state index in [0.717, 1.165) is 19.4 Å². The van der Waals surface area contributed by atoms with E-state index < -0.39 is 0 Å². The Morgan fingerprint density at radius 3 is 2.83 bits per heavy atom. The third kappa shape index (κ3) is 3.41. The predicted molar refractivity (Wildman–Crippen MR) is 77.6 cm³/mol. The highest BCUT2D eigenvalue weighted by Crippen LogP contribution is 2.37. The molecule has 2 rings (SSSR count). The molecule has 1 saturated carbocycles. The number of nitrogens with two attached hydrogens (primary N) is 1. The summed E-state index contributed by atoms with van der Waals surface area (Å²) in [5.41, 5.74) is 5.79. The van der Waals surface area contributed by atoms with E-state index in [1.807, 2.05) is 11.8 Å². The first-order valence-electron chi connectivity index (χ1n) is 7.26. The van der Waals surface area contributed by atoms with Gasteiger partial charge >= 0.3 is 0 Å². The highest BCUT2D eigenvalue weighted by molar-refractivity contribution is 8.00. The van der Waals surface area contributed by atoms with E-state index in [9.17, 15) is 4.79 Å². The zero-order chi connectivity index (χ0) is 13.0. The number of hydrogen-bond acceptors (Lipinski definition) is 3. The largest absolute Gasteiger partial charge is 0.354 e. The summed E-state index contributed by atoms with van der Waals surface area (Å²) in [4.78, 5) is 12.3. The summed E-state index contributed by atoms with van der Waals surface area (Å²) in [5.74, 6) is 2.06. The van der Waals surface area contributed by atoms with Gasteiger partial charge in [0.05, 0.1) is 0 Å². The number of thioether (sulfide) groups is 1. The zero-order valence-electron chi connectivity index (χ0n) is 11.4. The molecule has 0 aromatic carbocycles. The van der Waals surface area contributed by atoms with Crippen LogP contribution < -0.4 is 11.1 Å². The van der Waals surface area contributed by atoms with Gasteiger partial charge in [-0.25, -0.2) is 0 Å². The molecule has 1 amide bonds. The molecule has 3 unspecified atom stereocenters. The molecule has 0 bridgehead atoms. The van der Waals surface area contributed by atoms with E-state index in [1.165, 1.54) is 31.4 Å². The summed E-state index contributed by atoms with van der Waals surface area (Å²) in [5, 5.41) is 3.18. The molecule has 1 saturated heterocycles. The van der Waals surface area contributed by atoms with Gasteiger partial charge in [0.25, 0.3) is 0 Å². The molecule has 1 aliphatic carbocycles. The molecular formula is C14H26N2OS. The molecule has 3 nitrogen and oxygen atoms in total. The standard InChI is InChI=1S/C14H26N2OS/c1-14(7-4-8-18-14)10-16-13(17)12-6-3-2-5-11(12)9-15/h11-12H,2-10,15H2,1H3,(H,16,17). The molecule has 2 aliphatic rings. The SMILES string of the molecule is CC1(CNC(=O)C2CCCCC2CN)CCCS1. The maximum absolute atomic E-state index is 12.3. The van der Waals surface area contributed by atoms with Crippen LogP contribution in [0.1, 0.15) is 45.4 Å². The third-order valence-corrected chi connectivity index (χ3v) is 6.02. The van der Waals surface area contributed by atoms with Crippen LogP contribution in [0.3, 0.4) is 0 Å². The minimum atomic E-state index is 0.166. The van der Waals surface area contributed by atoms with E-state index in [0.29, 0.717) is 12.5 Å². The summed E-state index contributed by atoms with van der Waals surface area (Å²) in [6.07, 6.45) is 7.08. The molecule has 3 N–H and O–H groups in total. The monoisotopic (exact) mass is 270 g/mol. The van der Waals surface area contributed by atoms with E-state index in [4.69, 9.17) is 5.73 Å². The average Bonchev–Trinajstić information content (AvgIpc) is 2.83. The molecule has 3 atom stereocenters. The van der Waals surface area contributed by atoms with Gasteiger partial charge in [0.15, 0.2) is 0 Å². The molecule has 1 aliphatic heterocycles. The number of nitrogens with one attached hydrogen (secondary N) is 1. The van der Waals surface area contributed by atoms with Crippen molar-refractivity contribution in [1.82, 2.24) is 5.32 Å². The van der Waals surface area contributed by atoms with Crippen LogP contribution in [0.5, 0.6) is 0 Å². The fraction of sp³-hybridized carbons (Fsp3) is 0.929. The van der Waals surface area contributed by atoms with Gasteiger partial charge in [-0.1, -0.05) is 12.8 Å². The normalized spacial score (nSPS) is 36.6. The van der Waals surface area contributed by atoms with Gasteiger partial charge in [0.1, 0.15) is 0 Å². The number of rotatable bonds is 4. The topological polar surface area (TPSA) is 55.1 Å². The van der Waals surface area contributed by atoms with Crippen molar-refractivity contribution in [3.63, 3.8) is 0 Å². The van der Waals surface area contributed by atoms with Gasteiger partial charge in [-0.3, -0.25) is 4.79 Å². The summed E-state index contributed by atoms with van der Waals surface area (Å²) >= 11 is 2.00. The maximum Gasteiger partial charge on any atom is 0.223 e.